The van der Waals surface area contributed by atoms with Crippen molar-refractivity contribution in [3.63, 3.8) is 0 Å². The van der Waals surface area contributed by atoms with Crippen molar-refractivity contribution >= 4 is 30.5 Å². The summed E-state index contributed by atoms with van der Waals surface area (Å²) in [6, 6.07) is 2.26. The first-order valence-electron chi connectivity index (χ1n) is 5.58. The molecule has 0 saturated carbocycles. The summed E-state index contributed by atoms with van der Waals surface area (Å²) < 4.78 is -0.918. The van der Waals surface area contributed by atoms with Crippen molar-refractivity contribution < 1.29 is 19.9 Å². The highest BCUT2D eigenvalue weighted by molar-refractivity contribution is 7.81. The van der Waals surface area contributed by atoms with Gasteiger partial charge in [-0.15, -0.1) is 0 Å². The number of aliphatic imine (C=N–C) groups is 1. The molecule has 0 aliphatic carbocycles. The van der Waals surface area contributed by atoms with Gasteiger partial charge < -0.3 is 10.2 Å². The van der Waals surface area contributed by atoms with Crippen LogP contribution in [0.5, 0.6) is 5.75 Å². The summed E-state index contributed by atoms with van der Waals surface area (Å²) in [5, 5.41) is 29.3. The highest BCUT2D eigenvalue weighted by Gasteiger charge is 2.31. The Bertz CT molecular complexity index is 565. The summed E-state index contributed by atoms with van der Waals surface area (Å²) in [4.78, 5) is 25.0. The van der Waals surface area contributed by atoms with Crippen LogP contribution in [0, 0.1) is 10.1 Å². The van der Waals surface area contributed by atoms with Gasteiger partial charge in [0.2, 0.25) is 0 Å². The van der Waals surface area contributed by atoms with Crippen molar-refractivity contribution in [3.05, 3.63) is 33.9 Å². The molecule has 8 heteroatoms. The molecule has 0 spiro atoms. The van der Waals surface area contributed by atoms with Gasteiger partial charge in [0.25, 0.3) is 5.69 Å². The van der Waals surface area contributed by atoms with Gasteiger partial charge in [0.15, 0.2) is 6.04 Å². The van der Waals surface area contributed by atoms with Gasteiger partial charge in [0.05, 0.1) is 4.92 Å². The molecule has 0 amide bonds. The predicted octanol–water partition coefficient (Wildman–Crippen LogP) is 1.88. The fraction of sp³-hybridized carbons (Fsp3) is 0.333. The second-order valence-corrected chi connectivity index (χ2v) is 5.83. The van der Waals surface area contributed by atoms with Gasteiger partial charge in [-0.1, -0.05) is 0 Å². The summed E-state index contributed by atoms with van der Waals surface area (Å²) in [5.74, 6) is -1.40. The van der Waals surface area contributed by atoms with E-state index >= 15 is 0 Å². The van der Waals surface area contributed by atoms with Crippen LogP contribution in [0.4, 0.5) is 5.69 Å². The number of aromatic hydroxyl groups is 1. The van der Waals surface area contributed by atoms with Crippen molar-refractivity contribution in [2.45, 2.75) is 24.6 Å². The summed E-state index contributed by atoms with van der Waals surface area (Å²) >= 11 is 4.15. The fourth-order valence-corrected chi connectivity index (χ4v) is 1.64. The van der Waals surface area contributed by atoms with Crippen LogP contribution < -0.4 is 0 Å². The zero-order valence-corrected chi connectivity index (χ0v) is 11.7. The maximum absolute atomic E-state index is 11.1. The van der Waals surface area contributed by atoms with Gasteiger partial charge in [0.1, 0.15) is 5.75 Å². The van der Waals surface area contributed by atoms with E-state index in [1.165, 1.54) is 0 Å². The number of hydrogen-bond donors (Lipinski definition) is 3. The number of thiol groups is 1. The zero-order chi connectivity index (χ0) is 15.5. The molecule has 0 radical (unpaired) electrons. The molecule has 0 aromatic heterocycles. The molecule has 108 valence electrons. The number of nitro groups is 1. The molecule has 0 unspecified atom stereocenters. The van der Waals surface area contributed by atoms with Gasteiger partial charge in [-0.25, -0.2) is 4.79 Å². The number of carboxylic acids is 1. The van der Waals surface area contributed by atoms with Crippen LogP contribution in [-0.2, 0) is 4.79 Å². The van der Waals surface area contributed by atoms with E-state index in [0.717, 1.165) is 24.4 Å². The van der Waals surface area contributed by atoms with E-state index < -0.39 is 21.7 Å². The molecule has 1 rings (SSSR count). The lowest BCUT2D eigenvalue weighted by atomic mass is 10.0. The highest BCUT2D eigenvalue weighted by atomic mass is 32.1. The number of rotatable bonds is 5. The molecule has 0 saturated heterocycles. The zero-order valence-electron chi connectivity index (χ0n) is 10.8. The molecule has 1 aromatic carbocycles. The first-order chi connectivity index (χ1) is 9.12. The van der Waals surface area contributed by atoms with E-state index in [0.29, 0.717) is 0 Å². The Morgan fingerprint density at radius 3 is 2.60 bits per heavy atom. The lowest BCUT2D eigenvalue weighted by Gasteiger charge is -2.22. The summed E-state index contributed by atoms with van der Waals surface area (Å²) in [6.07, 6.45) is 1.10. The first-order valence-corrected chi connectivity index (χ1v) is 6.03. The summed E-state index contributed by atoms with van der Waals surface area (Å²) in [6.45, 7) is 3.17. The monoisotopic (exact) mass is 298 g/mol. The van der Waals surface area contributed by atoms with E-state index in [1.54, 1.807) is 13.8 Å². The molecule has 0 aliphatic heterocycles. The SMILES string of the molecule is CC(C)(S)[C@@H](N=Cc1cc([N+](=O)[O-])ccc1O)C(=O)O. The highest BCUT2D eigenvalue weighted by Crippen LogP contribution is 2.24. The number of carboxylic acid groups (broad SMARTS) is 1. The van der Waals surface area contributed by atoms with E-state index in [4.69, 9.17) is 5.11 Å². The van der Waals surface area contributed by atoms with Crippen molar-refractivity contribution in [2.75, 3.05) is 0 Å². The van der Waals surface area contributed by atoms with Crippen LogP contribution in [0.25, 0.3) is 0 Å². The third kappa shape index (κ3) is 3.95. The molecular formula is C12H14N2O5S. The van der Waals surface area contributed by atoms with Crippen molar-refractivity contribution in [1.29, 1.82) is 0 Å². The minimum absolute atomic E-state index is 0.0723. The number of phenolic OH excluding ortho intramolecular Hbond substituents is 1. The van der Waals surface area contributed by atoms with E-state index in [9.17, 15) is 20.0 Å². The number of benzene rings is 1. The standard InChI is InChI=1S/C12H14N2O5S/c1-12(2,20)10(11(16)17)13-6-7-5-8(14(18)19)3-4-9(7)15/h3-6,10,15,20H,1-2H3,(H,16,17)/t10-/m0/s1. The number of hydrogen-bond acceptors (Lipinski definition) is 6. The Balaban J connectivity index is 3.13. The quantitative estimate of drug-likeness (QED) is 0.332. The number of nitrogens with zero attached hydrogens (tertiary/aromatic N) is 2. The smallest absolute Gasteiger partial charge is 0.329 e. The van der Waals surface area contributed by atoms with Crippen LogP contribution in [0.1, 0.15) is 19.4 Å². The van der Waals surface area contributed by atoms with Crippen molar-refractivity contribution in [1.82, 2.24) is 0 Å². The van der Waals surface area contributed by atoms with Crippen LogP contribution in [0.2, 0.25) is 0 Å². The van der Waals surface area contributed by atoms with Gasteiger partial charge >= 0.3 is 5.97 Å². The Morgan fingerprint density at radius 2 is 2.15 bits per heavy atom. The molecule has 0 fully saturated rings. The number of nitro benzene ring substituents is 1. The van der Waals surface area contributed by atoms with Crippen LogP contribution in [0.15, 0.2) is 23.2 Å². The summed E-state index contributed by atoms with van der Waals surface area (Å²) in [7, 11) is 0. The molecule has 0 aliphatic rings. The maximum atomic E-state index is 11.1. The van der Waals surface area contributed by atoms with E-state index in [1.807, 2.05) is 0 Å². The predicted molar refractivity (Wildman–Crippen MR) is 76.8 cm³/mol. The van der Waals surface area contributed by atoms with E-state index in [-0.39, 0.29) is 17.0 Å². The Hall–Kier alpha value is -2.09. The van der Waals surface area contributed by atoms with Crippen LogP contribution in [0.3, 0.4) is 0 Å². The van der Waals surface area contributed by atoms with Crippen LogP contribution in [-0.4, -0.2) is 38.1 Å². The Morgan fingerprint density at radius 1 is 1.55 bits per heavy atom. The topological polar surface area (TPSA) is 113 Å². The molecule has 1 aromatic rings. The molecule has 0 heterocycles. The average molecular weight is 298 g/mol. The third-order valence-corrected chi connectivity index (χ3v) is 2.73. The third-order valence-electron chi connectivity index (χ3n) is 2.49. The largest absolute Gasteiger partial charge is 0.507 e. The van der Waals surface area contributed by atoms with Gasteiger partial charge in [-0.05, 0) is 19.9 Å². The lowest BCUT2D eigenvalue weighted by molar-refractivity contribution is -0.384. The van der Waals surface area contributed by atoms with Gasteiger partial charge in [0, 0.05) is 28.7 Å². The Labute approximate surface area is 120 Å². The molecule has 20 heavy (non-hydrogen) atoms. The molecule has 0 bridgehead atoms. The second kappa shape index (κ2) is 5.91. The average Bonchev–Trinajstić information content (AvgIpc) is 2.28. The maximum Gasteiger partial charge on any atom is 0.329 e. The first kappa shape index (κ1) is 16.0. The number of aliphatic carboxylic acids is 1. The minimum atomic E-state index is -1.17. The number of non-ortho nitro benzene ring substituents is 1. The van der Waals surface area contributed by atoms with E-state index in [2.05, 4.69) is 17.6 Å². The fourth-order valence-electron chi connectivity index (χ4n) is 1.46. The number of carbonyl (C=O) groups is 1. The van der Waals surface area contributed by atoms with Crippen molar-refractivity contribution in [2.24, 2.45) is 4.99 Å². The Kier molecular flexibility index (Phi) is 4.72. The molecule has 2 N–H and O–H groups in total. The van der Waals surface area contributed by atoms with Crippen molar-refractivity contribution in [3.8, 4) is 5.75 Å². The van der Waals surface area contributed by atoms with Gasteiger partial charge in [-0.2, -0.15) is 12.6 Å². The lowest BCUT2D eigenvalue weighted by Crippen LogP contribution is -2.36. The minimum Gasteiger partial charge on any atom is -0.507 e. The molecule has 7 nitrogen and oxygen atoms in total. The summed E-state index contributed by atoms with van der Waals surface area (Å²) in [5.41, 5.74) is -0.149. The van der Waals surface area contributed by atoms with Gasteiger partial charge in [-0.3, -0.25) is 15.1 Å². The number of phenols is 1. The molecular weight excluding hydrogens is 284 g/mol. The second-order valence-electron chi connectivity index (χ2n) is 4.67. The molecule has 1 atom stereocenters. The van der Waals surface area contributed by atoms with Crippen LogP contribution >= 0.6 is 12.6 Å². The normalized spacial score (nSPS) is 13.3.